The van der Waals surface area contributed by atoms with Gasteiger partial charge in [-0.25, -0.2) is 0 Å². The van der Waals surface area contributed by atoms with E-state index in [2.05, 4.69) is 20.9 Å². The van der Waals surface area contributed by atoms with Crippen LogP contribution >= 0.6 is 15.9 Å². The fourth-order valence-electron chi connectivity index (χ4n) is 2.65. The maximum atomic E-state index is 12.6. The lowest BCUT2D eigenvalue weighted by Crippen LogP contribution is -2.30. The number of nitrogens with zero attached hydrogens (tertiary/aromatic N) is 2. The Labute approximate surface area is 126 Å². The van der Waals surface area contributed by atoms with E-state index < -0.39 is 0 Å². The molecule has 1 aromatic heterocycles. The number of hydrogen-bond acceptors (Lipinski definition) is 2. The number of benzene rings is 1. The van der Waals surface area contributed by atoms with Gasteiger partial charge >= 0.3 is 0 Å². The van der Waals surface area contributed by atoms with Gasteiger partial charge < -0.3 is 4.90 Å². The molecule has 2 aromatic rings. The predicted octanol–water partition coefficient (Wildman–Crippen LogP) is 3.82. The number of aromatic nitrogens is 1. The van der Waals surface area contributed by atoms with E-state index >= 15 is 0 Å². The molecule has 3 rings (SSSR count). The van der Waals surface area contributed by atoms with E-state index in [-0.39, 0.29) is 11.9 Å². The molecule has 0 spiro atoms. The van der Waals surface area contributed by atoms with Crippen molar-refractivity contribution in [3.63, 3.8) is 0 Å². The van der Waals surface area contributed by atoms with Crippen LogP contribution in [0, 0.1) is 0 Å². The van der Waals surface area contributed by atoms with Gasteiger partial charge in [-0.2, -0.15) is 0 Å². The number of carbonyl (C=O) groups excluding carboxylic acids is 1. The quantitative estimate of drug-likeness (QED) is 0.838. The van der Waals surface area contributed by atoms with E-state index in [1.807, 2.05) is 47.4 Å². The van der Waals surface area contributed by atoms with Gasteiger partial charge in [-0.1, -0.05) is 22.0 Å². The third-order valence-corrected chi connectivity index (χ3v) is 4.16. The Hall–Kier alpha value is -1.68. The van der Waals surface area contributed by atoms with Gasteiger partial charge in [0.1, 0.15) is 0 Å². The van der Waals surface area contributed by atoms with E-state index in [0.29, 0.717) is 0 Å². The average molecular weight is 331 g/mol. The molecule has 102 valence electrons. The summed E-state index contributed by atoms with van der Waals surface area (Å²) in [4.78, 5) is 19.0. The molecule has 4 heteroatoms. The fraction of sp³-hybridized carbons (Fsp3) is 0.250. The molecule has 0 radical (unpaired) electrons. The highest BCUT2D eigenvalue weighted by molar-refractivity contribution is 9.10. The van der Waals surface area contributed by atoms with Crippen molar-refractivity contribution in [3.8, 4) is 0 Å². The summed E-state index contributed by atoms with van der Waals surface area (Å²) >= 11 is 3.39. The number of halogens is 1. The molecule has 3 nitrogen and oxygen atoms in total. The Morgan fingerprint density at radius 3 is 2.70 bits per heavy atom. The number of likely N-dealkylation sites (tertiary alicyclic amines) is 1. The molecule has 1 atom stereocenters. The van der Waals surface area contributed by atoms with Crippen molar-refractivity contribution in [2.45, 2.75) is 18.9 Å². The average Bonchev–Trinajstić information content (AvgIpc) is 2.97. The first-order valence-electron chi connectivity index (χ1n) is 6.73. The highest BCUT2D eigenvalue weighted by Gasteiger charge is 2.31. The number of rotatable bonds is 2. The van der Waals surface area contributed by atoms with Crippen molar-refractivity contribution in [1.29, 1.82) is 0 Å². The van der Waals surface area contributed by atoms with Gasteiger partial charge in [0.2, 0.25) is 0 Å². The first-order valence-corrected chi connectivity index (χ1v) is 7.52. The zero-order chi connectivity index (χ0) is 13.9. The summed E-state index contributed by atoms with van der Waals surface area (Å²) in [6.07, 6.45) is 3.80. The maximum absolute atomic E-state index is 12.6. The third-order valence-electron chi connectivity index (χ3n) is 3.63. The van der Waals surface area contributed by atoms with E-state index in [1.54, 1.807) is 6.20 Å². The topological polar surface area (TPSA) is 33.2 Å². The SMILES string of the molecule is O=C(c1ccc(Br)cc1)N1CCC[C@H]1c1ccccn1. The Balaban J connectivity index is 1.85. The lowest BCUT2D eigenvalue weighted by atomic mass is 10.1. The molecule has 1 aliphatic rings. The molecule has 20 heavy (non-hydrogen) atoms. The summed E-state index contributed by atoms with van der Waals surface area (Å²) in [5.74, 6) is 0.0886. The van der Waals surface area contributed by atoms with Crippen molar-refractivity contribution in [3.05, 3.63) is 64.4 Å². The maximum Gasteiger partial charge on any atom is 0.254 e. The first kappa shape index (κ1) is 13.3. The van der Waals surface area contributed by atoms with Crippen LogP contribution in [0.2, 0.25) is 0 Å². The van der Waals surface area contributed by atoms with Crippen LogP contribution in [-0.2, 0) is 0 Å². The summed E-state index contributed by atoms with van der Waals surface area (Å²) in [6, 6.07) is 13.5. The van der Waals surface area contributed by atoms with Crippen LogP contribution in [0.15, 0.2) is 53.1 Å². The molecule has 1 saturated heterocycles. The lowest BCUT2D eigenvalue weighted by Gasteiger charge is -2.24. The van der Waals surface area contributed by atoms with Gasteiger partial charge in [0, 0.05) is 22.8 Å². The highest BCUT2D eigenvalue weighted by atomic mass is 79.9. The zero-order valence-corrected chi connectivity index (χ0v) is 12.6. The molecule has 0 bridgehead atoms. The first-order chi connectivity index (χ1) is 9.75. The third kappa shape index (κ3) is 2.61. The molecule has 1 fully saturated rings. The second-order valence-electron chi connectivity index (χ2n) is 4.92. The van der Waals surface area contributed by atoms with Gasteiger partial charge in [0.05, 0.1) is 11.7 Å². The number of carbonyl (C=O) groups is 1. The van der Waals surface area contributed by atoms with Crippen molar-refractivity contribution >= 4 is 21.8 Å². The number of hydrogen-bond donors (Lipinski definition) is 0. The van der Waals surface area contributed by atoms with E-state index in [4.69, 9.17) is 0 Å². The number of amides is 1. The van der Waals surface area contributed by atoms with Gasteiger partial charge in [-0.3, -0.25) is 9.78 Å². The highest BCUT2D eigenvalue weighted by Crippen LogP contribution is 2.31. The van der Waals surface area contributed by atoms with Crippen LogP contribution in [0.5, 0.6) is 0 Å². The smallest absolute Gasteiger partial charge is 0.254 e. The molecule has 2 heterocycles. The van der Waals surface area contributed by atoms with Crippen LogP contribution < -0.4 is 0 Å². The number of pyridine rings is 1. The van der Waals surface area contributed by atoms with Crippen LogP contribution in [0.4, 0.5) is 0 Å². The van der Waals surface area contributed by atoms with E-state index in [9.17, 15) is 4.79 Å². The largest absolute Gasteiger partial charge is 0.330 e. The Morgan fingerprint density at radius 1 is 1.20 bits per heavy atom. The van der Waals surface area contributed by atoms with E-state index in [0.717, 1.165) is 35.1 Å². The Morgan fingerprint density at radius 2 is 2.00 bits per heavy atom. The molecule has 1 aromatic carbocycles. The molecule has 0 unspecified atom stereocenters. The van der Waals surface area contributed by atoms with Crippen LogP contribution in [0.3, 0.4) is 0 Å². The molecular formula is C16H15BrN2O. The van der Waals surface area contributed by atoms with Crippen molar-refractivity contribution in [1.82, 2.24) is 9.88 Å². The summed E-state index contributed by atoms with van der Waals surface area (Å²) in [5.41, 5.74) is 1.71. The predicted molar refractivity (Wildman–Crippen MR) is 81.4 cm³/mol. The summed E-state index contributed by atoms with van der Waals surface area (Å²) < 4.78 is 0.983. The molecule has 0 saturated carbocycles. The minimum Gasteiger partial charge on any atom is -0.330 e. The van der Waals surface area contributed by atoms with Crippen molar-refractivity contribution in [2.24, 2.45) is 0 Å². The molecular weight excluding hydrogens is 316 g/mol. The van der Waals surface area contributed by atoms with Crippen LogP contribution in [-0.4, -0.2) is 22.3 Å². The zero-order valence-electron chi connectivity index (χ0n) is 11.0. The standard InChI is InChI=1S/C16H15BrN2O/c17-13-8-6-12(7-9-13)16(20)19-11-3-5-15(19)14-4-1-2-10-18-14/h1-2,4,6-10,15H,3,5,11H2/t15-/m0/s1. The van der Waals surface area contributed by atoms with Gasteiger partial charge in [0.25, 0.3) is 5.91 Å². The molecule has 0 N–H and O–H groups in total. The molecule has 1 aliphatic heterocycles. The van der Waals surface area contributed by atoms with Crippen LogP contribution in [0.1, 0.15) is 34.9 Å². The van der Waals surface area contributed by atoms with Gasteiger partial charge in [0.15, 0.2) is 0 Å². The second kappa shape index (κ2) is 5.75. The minimum absolute atomic E-state index is 0.0886. The lowest BCUT2D eigenvalue weighted by molar-refractivity contribution is 0.0733. The normalized spacial score (nSPS) is 18.2. The summed E-state index contributed by atoms with van der Waals surface area (Å²) in [6.45, 7) is 0.802. The monoisotopic (exact) mass is 330 g/mol. The Kier molecular flexibility index (Phi) is 3.83. The van der Waals surface area contributed by atoms with Gasteiger partial charge in [-0.15, -0.1) is 0 Å². The summed E-state index contributed by atoms with van der Waals surface area (Å²) in [5, 5.41) is 0. The fourth-order valence-corrected chi connectivity index (χ4v) is 2.91. The van der Waals surface area contributed by atoms with Crippen LogP contribution in [0.25, 0.3) is 0 Å². The van der Waals surface area contributed by atoms with Gasteiger partial charge in [-0.05, 0) is 49.2 Å². The Bertz CT molecular complexity index is 598. The van der Waals surface area contributed by atoms with Crippen molar-refractivity contribution < 1.29 is 4.79 Å². The van der Waals surface area contributed by atoms with E-state index in [1.165, 1.54) is 0 Å². The molecule has 1 amide bonds. The van der Waals surface area contributed by atoms with Crippen molar-refractivity contribution in [2.75, 3.05) is 6.54 Å². The molecule has 0 aliphatic carbocycles. The minimum atomic E-state index is 0.0886. The summed E-state index contributed by atoms with van der Waals surface area (Å²) in [7, 11) is 0. The second-order valence-corrected chi connectivity index (χ2v) is 5.83.